The lowest BCUT2D eigenvalue weighted by Gasteiger charge is -2.19. The minimum absolute atomic E-state index is 0.141. The molecule has 0 radical (unpaired) electrons. The number of amides is 3. The van der Waals surface area contributed by atoms with Crippen LogP contribution in [0, 0.1) is 0 Å². The van der Waals surface area contributed by atoms with Crippen LogP contribution in [0.1, 0.15) is 27.2 Å². The molecule has 0 rings (SSSR count). The molecule has 0 saturated heterocycles. The highest BCUT2D eigenvalue weighted by molar-refractivity contribution is 5.82. The molecule has 21 heavy (non-hydrogen) atoms. The molecule has 0 unspecified atom stereocenters. The summed E-state index contributed by atoms with van der Waals surface area (Å²) >= 11 is 0. The first-order chi connectivity index (χ1) is 9.74. The molecule has 0 aliphatic rings. The average molecular weight is 303 g/mol. The third-order valence-corrected chi connectivity index (χ3v) is 2.09. The molecule has 0 aliphatic carbocycles. The lowest BCUT2D eigenvalue weighted by atomic mass is 10.2. The maximum Gasteiger partial charge on any atom is 0.408 e. The maximum absolute atomic E-state index is 11.4. The van der Waals surface area contributed by atoms with Crippen molar-refractivity contribution in [1.29, 1.82) is 0 Å². The topological polar surface area (TPSA) is 106 Å². The molecular weight excluding hydrogens is 278 g/mol. The van der Waals surface area contributed by atoms with Gasteiger partial charge >= 0.3 is 6.09 Å². The highest BCUT2D eigenvalue weighted by atomic mass is 16.6. The van der Waals surface area contributed by atoms with E-state index in [-0.39, 0.29) is 31.3 Å². The monoisotopic (exact) mass is 303 g/mol. The lowest BCUT2D eigenvalue weighted by Crippen LogP contribution is -2.42. The molecule has 0 heterocycles. The van der Waals surface area contributed by atoms with E-state index in [1.165, 1.54) is 7.11 Å². The number of ether oxygens (including phenoxy) is 2. The van der Waals surface area contributed by atoms with Crippen LogP contribution in [0.2, 0.25) is 0 Å². The zero-order valence-electron chi connectivity index (χ0n) is 13.1. The maximum atomic E-state index is 11.4. The van der Waals surface area contributed by atoms with Gasteiger partial charge in [0.1, 0.15) is 5.60 Å². The van der Waals surface area contributed by atoms with E-state index in [1.807, 2.05) is 0 Å². The van der Waals surface area contributed by atoms with E-state index in [9.17, 15) is 14.4 Å². The van der Waals surface area contributed by atoms with E-state index in [1.54, 1.807) is 20.8 Å². The van der Waals surface area contributed by atoms with E-state index < -0.39 is 11.7 Å². The van der Waals surface area contributed by atoms with Crippen LogP contribution in [-0.2, 0) is 19.1 Å². The van der Waals surface area contributed by atoms with Crippen molar-refractivity contribution in [2.45, 2.75) is 32.8 Å². The summed E-state index contributed by atoms with van der Waals surface area (Å²) in [6, 6.07) is 0. The van der Waals surface area contributed by atoms with Crippen LogP contribution in [0.25, 0.3) is 0 Å². The van der Waals surface area contributed by atoms with Gasteiger partial charge in [0.15, 0.2) is 0 Å². The van der Waals surface area contributed by atoms with Gasteiger partial charge in [0.2, 0.25) is 11.8 Å². The Kier molecular flexibility index (Phi) is 9.11. The minimum Gasteiger partial charge on any atom is -0.444 e. The number of carbonyl (C=O) groups is 3. The molecular formula is C13H25N3O5. The standard InChI is InChI=1S/C13H25N3O5/c1-13(2,3)21-12(19)16-9-11(18)15-7-6-14-10(17)5-8-20-4/h5-9H2,1-4H3,(H,14,17)(H,15,18)(H,16,19). The predicted molar refractivity (Wildman–Crippen MR) is 76.7 cm³/mol. The molecule has 0 saturated carbocycles. The third kappa shape index (κ3) is 12.9. The number of nitrogens with one attached hydrogen (secondary N) is 3. The first-order valence-corrected chi connectivity index (χ1v) is 6.74. The fourth-order valence-corrected chi connectivity index (χ4v) is 1.22. The zero-order valence-corrected chi connectivity index (χ0v) is 13.1. The number of rotatable bonds is 8. The summed E-state index contributed by atoms with van der Waals surface area (Å²) in [5, 5.41) is 7.52. The van der Waals surface area contributed by atoms with Crippen LogP contribution in [-0.4, -0.2) is 56.9 Å². The van der Waals surface area contributed by atoms with Crippen LogP contribution in [0.3, 0.4) is 0 Å². The van der Waals surface area contributed by atoms with Crippen LogP contribution in [0.15, 0.2) is 0 Å². The lowest BCUT2D eigenvalue weighted by molar-refractivity contribution is -0.123. The van der Waals surface area contributed by atoms with Gasteiger partial charge in [-0.3, -0.25) is 9.59 Å². The van der Waals surface area contributed by atoms with Gasteiger partial charge in [-0.05, 0) is 20.8 Å². The van der Waals surface area contributed by atoms with Crippen molar-refractivity contribution < 1.29 is 23.9 Å². The SMILES string of the molecule is COCCC(=O)NCCNC(=O)CNC(=O)OC(C)(C)C. The van der Waals surface area contributed by atoms with Gasteiger partial charge in [0.25, 0.3) is 0 Å². The zero-order chi connectivity index (χ0) is 16.3. The van der Waals surface area contributed by atoms with E-state index in [0.29, 0.717) is 13.2 Å². The normalized spacial score (nSPS) is 10.7. The molecule has 0 fully saturated rings. The Hall–Kier alpha value is -1.83. The summed E-state index contributed by atoms with van der Waals surface area (Å²) in [7, 11) is 1.52. The van der Waals surface area contributed by atoms with Gasteiger partial charge in [-0.15, -0.1) is 0 Å². The number of carbonyl (C=O) groups excluding carboxylic acids is 3. The number of methoxy groups -OCH3 is 1. The Morgan fingerprint density at radius 3 is 2.05 bits per heavy atom. The van der Waals surface area contributed by atoms with Gasteiger partial charge < -0.3 is 25.4 Å². The molecule has 8 heteroatoms. The molecule has 122 valence electrons. The molecule has 0 aromatic heterocycles. The molecule has 0 spiro atoms. The summed E-state index contributed by atoms with van der Waals surface area (Å²) in [6.07, 6.45) is -0.365. The summed E-state index contributed by atoms with van der Waals surface area (Å²) in [5.74, 6) is -0.495. The van der Waals surface area contributed by atoms with E-state index >= 15 is 0 Å². The Balaban J connectivity index is 3.63. The van der Waals surface area contributed by atoms with Crippen LogP contribution < -0.4 is 16.0 Å². The fourth-order valence-electron chi connectivity index (χ4n) is 1.22. The van der Waals surface area contributed by atoms with Gasteiger partial charge in [-0.1, -0.05) is 0 Å². The van der Waals surface area contributed by atoms with Crippen molar-refractivity contribution in [3.63, 3.8) is 0 Å². The van der Waals surface area contributed by atoms with Crippen LogP contribution in [0.5, 0.6) is 0 Å². The Labute approximate surface area is 124 Å². The van der Waals surface area contributed by atoms with Crippen molar-refractivity contribution in [2.75, 3.05) is 33.4 Å². The van der Waals surface area contributed by atoms with E-state index in [2.05, 4.69) is 16.0 Å². The van der Waals surface area contributed by atoms with Gasteiger partial charge in [0, 0.05) is 26.6 Å². The number of hydrogen-bond donors (Lipinski definition) is 3. The molecule has 8 nitrogen and oxygen atoms in total. The fraction of sp³-hybridized carbons (Fsp3) is 0.769. The molecule has 0 bridgehead atoms. The second-order valence-corrected chi connectivity index (χ2v) is 5.30. The second-order valence-electron chi connectivity index (χ2n) is 5.30. The summed E-state index contributed by atoms with van der Waals surface area (Å²) in [4.78, 5) is 33.9. The Morgan fingerprint density at radius 2 is 1.52 bits per heavy atom. The van der Waals surface area contributed by atoms with Gasteiger partial charge in [-0.2, -0.15) is 0 Å². The predicted octanol–water partition coefficient (Wildman–Crippen LogP) is -0.220. The van der Waals surface area contributed by atoms with Crippen molar-refractivity contribution in [3.05, 3.63) is 0 Å². The summed E-state index contributed by atoms with van der Waals surface area (Å²) in [6.45, 7) is 6.00. The van der Waals surface area contributed by atoms with E-state index in [4.69, 9.17) is 9.47 Å². The summed E-state index contributed by atoms with van der Waals surface area (Å²) < 4.78 is 9.75. The van der Waals surface area contributed by atoms with Crippen molar-refractivity contribution >= 4 is 17.9 Å². The highest BCUT2D eigenvalue weighted by Gasteiger charge is 2.16. The van der Waals surface area contributed by atoms with Gasteiger partial charge in [-0.25, -0.2) is 4.79 Å². The molecule has 3 N–H and O–H groups in total. The molecule has 3 amide bonds. The van der Waals surface area contributed by atoms with Crippen molar-refractivity contribution in [1.82, 2.24) is 16.0 Å². The third-order valence-electron chi connectivity index (χ3n) is 2.09. The smallest absolute Gasteiger partial charge is 0.408 e. The van der Waals surface area contributed by atoms with Crippen molar-refractivity contribution in [3.8, 4) is 0 Å². The first-order valence-electron chi connectivity index (χ1n) is 6.74. The molecule has 0 aliphatic heterocycles. The first kappa shape index (κ1) is 19.2. The van der Waals surface area contributed by atoms with Crippen LogP contribution in [0.4, 0.5) is 4.79 Å². The average Bonchev–Trinajstić information content (AvgIpc) is 2.37. The quantitative estimate of drug-likeness (QED) is 0.538. The molecule has 0 aromatic rings. The number of alkyl carbamates (subject to hydrolysis) is 1. The molecule has 0 aromatic carbocycles. The highest BCUT2D eigenvalue weighted by Crippen LogP contribution is 2.05. The Bertz CT molecular complexity index is 352. The van der Waals surface area contributed by atoms with Gasteiger partial charge in [0.05, 0.1) is 13.2 Å². The molecule has 0 atom stereocenters. The summed E-state index contributed by atoms with van der Waals surface area (Å²) in [5.41, 5.74) is -0.604. The Morgan fingerprint density at radius 1 is 0.952 bits per heavy atom. The number of hydrogen-bond acceptors (Lipinski definition) is 5. The largest absolute Gasteiger partial charge is 0.444 e. The minimum atomic E-state index is -0.648. The second kappa shape index (κ2) is 9.98. The van der Waals surface area contributed by atoms with E-state index in [0.717, 1.165) is 0 Å². The van der Waals surface area contributed by atoms with Crippen LogP contribution >= 0.6 is 0 Å². The van der Waals surface area contributed by atoms with Crippen molar-refractivity contribution in [2.24, 2.45) is 0 Å².